The minimum atomic E-state index is -3.81. The maximum absolute atomic E-state index is 13.1. The van der Waals surface area contributed by atoms with Crippen LogP contribution in [0, 0.1) is 13.8 Å². The normalized spacial score (nSPS) is 18.2. The SMILES string of the molecule is Cc1ccc(S(=O)(=O)N2CC=C(C(=O)O)C2c2cccc(C)c2)cc1. The molecular formula is C19H19NO4S. The fourth-order valence-electron chi connectivity index (χ4n) is 3.03. The number of carboxylic acids is 1. The third kappa shape index (κ3) is 3.23. The molecule has 0 aromatic heterocycles. The van der Waals surface area contributed by atoms with E-state index in [-0.39, 0.29) is 17.0 Å². The molecule has 0 aliphatic carbocycles. The van der Waals surface area contributed by atoms with Crippen molar-refractivity contribution in [2.75, 3.05) is 6.54 Å². The van der Waals surface area contributed by atoms with Crippen molar-refractivity contribution in [2.24, 2.45) is 0 Å². The van der Waals surface area contributed by atoms with Crippen LogP contribution >= 0.6 is 0 Å². The van der Waals surface area contributed by atoms with Crippen LogP contribution in [0.15, 0.2) is 65.1 Å². The molecule has 1 N–H and O–H groups in total. The maximum Gasteiger partial charge on any atom is 0.333 e. The van der Waals surface area contributed by atoms with Gasteiger partial charge in [0.15, 0.2) is 0 Å². The Labute approximate surface area is 147 Å². The number of benzene rings is 2. The van der Waals surface area contributed by atoms with Gasteiger partial charge < -0.3 is 5.11 Å². The number of sulfonamides is 1. The van der Waals surface area contributed by atoms with Crippen LogP contribution in [0.5, 0.6) is 0 Å². The molecule has 6 heteroatoms. The van der Waals surface area contributed by atoms with Gasteiger partial charge in [0.1, 0.15) is 0 Å². The standard InChI is InChI=1S/C19H19NO4S/c1-13-6-8-16(9-7-13)25(23,24)20-11-10-17(19(21)22)18(20)15-5-3-4-14(2)12-15/h3-10,12,18H,11H2,1-2H3,(H,21,22). The van der Waals surface area contributed by atoms with Crippen molar-refractivity contribution < 1.29 is 18.3 Å². The van der Waals surface area contributed by atoms with E-state index in [9.17, 15) is 18.3 Å². The monoisotopic (exact) mass is 357 g/mol. The molecular weight excluding hydrogens is 338 g/mol. The molecule has 0 radical (unpaired) electrons. The van der Waals surface area contributed by atoms with E-state index in [4.69, 9.17) is 0 Å². The number of aliphatic carboxylic acids is 1. The van der Waals surface area contributed by atoms with Crippen molar-refractivity contribution in [1.82, 2.24) is 4.31 Å². The van der Waals surface area contributed by atoms with Gasteiger partial charge in [0, 0.05) is 6.54 Å². The van der Waals surface area contributed by atoms with E-state index in [0.29, 0.717) is 5.56 Å². The number of hydrogen-bond acceptors (Lipinski definition) is 3. The van der Waals surface area contributed by atoms with Crippen LogP contribution in [0.2, 0.25) is 0 Å². The van der Waals surface area contributed by atoms with Gasteiger partial charge in [0.25, 0.3) is 0 Å². The smallest absolute Gasteiger partial charge is 0.333 e. The highest BCUT2D eigenvalue weighted by molar-refractivity contribution is 7.89. The van der Waals surface area contributed by atoms with Gasteiger partial charge in [-0.15, -0.1) is 0 Å². The number of hydrogen-bond donors (Lipinski definition) is 1. The molecule has 130 valence electrons. The topological polar surface area (TPSA) is 74.7 Å². The van der Waals surface area contributed by atoms with Crippen molar-refractivity contribution in [3.63, 3.8) is 0 Å². The van der Waals surface area contributed by atoms with Crippen molar-refractivity contribution in [1.29, 1.82) is 0 Å². The summed E-state index contributed by atoms with van der Waals surface area (Å²) in [5, 5.41) is 9.51. The lowest BCUT2D eigenvalue weighted by molar-refractivity contribution is -0.133. The van der Waals surface area contributed by atoms with E-state index in [1.54, 1.807) is 36.4 Å². The van der Waals surface area contributed by atoms with Crippen LogP contribution in [-0.4, -0.2) is 30.3 Å². The summed E-state index contributed by atoms with van der Waals surface area (Å²) in [6.07, 6.45) is 1.47. The van der Waals surface area contributed by atoms with E-state index in [0.717, 1.165) is 11.1 Å². The number of aryl methyl sites for hydroxylation is 2. The van der Waals surface area contributed by atoms with Gasteiger partial charge in [0.05, 0.1) is 16.5 Å². The van der Waals surface area contributed by atoms with Crippen molar-refractivity contribution in [3.8, 4) is 0 Å². The molecule has 5 nitrogen and oxygen atoms in total. The Balaban J connectivity index is 2.08. The number of rotatable bonds is 4. The average Bonchev–Trinajstić information content (AvgIpc) is 3.01. The zero-order valence-electron chi connectivity index (χ0n) is 14.0. The Hall–Kier alpha value is -2.44. The second-order valence-electron chi connectivity index (χ2n) is 6.17. The van der Waals surface area contributed by atoms with Gasteiger partial charge in [-0.2, -0.15) is 4.31 Å². The Morgan fingerprint density at radius 2 is 1.76 bits per heavy atom. The highest BCUT2D eigenvalue weighted by Crippen LogP contribution is 2.37. The summed E-state index contributed by atoms with van der Waals surface area (Å²) >= 11 is 0. The molecule has 1 heterocycles. The molecule has 1 aliphatic heterocycles. The molecule has 25 heavy (non-hydrogen) atoms. The highest BCUT2D eigenvalue weighted by atomic mass is 32.2. The first-order chi connectivity index (χ1) is 11.8. The molecule has 1 unspecified atom stereocenters. The molecule has 1 atom stereocenters. The van der Waals surface area contributed by atoms with E-state index >= 15 is 0 Å². The molecule has 2 aromatic rings. The number of carbonyl (C=O) groups is 1. The zero-order chi connectivity index (χ0) is 18.2. The van der Waals surface area contributed by atoms with Crippen LogP contribution in [0.25, 0.3) is 0 Å². The lowest BCUT2D eigenvalue weighted by Crippen LogP contribution is -2.33. The largest absolute Gasteiger partial charge is 0.478 e. The Morgan fingerprint density at radius 1 is 1.08 bits per heavy atom. The predicted molar refractivity (Wildman–Crippen MR) is 94.7 cm³/mol. The van der Waals surface area contributed by atoms with Crippen LogP contribution in [-0.2, 0) is 14.8 Å². The van der Waals surface area contributed by atoms with Gasteiger partial charge in [0.2, 0.25) is 10.0 Å². The average molecular weight is 357 g/mol. The van der Waals surface area contributed by atoms with Gasteiger partial charge >= 0.3 is 5.97 Å². The summed E-state index contributed by atoms with van der Waals surface area (Å²) in [7, 11) is -3.81. The van der Waals surface area contributed by atoms with Gasteiger partial charge in [-0.3, -0.25) is 0 Å². The minimum Gasteiger partial charge on any atom is -0.478 e. The van der Waals surface area contributed by atoms with E-state index in [2.05, 4.69) is 0 Å². The zero-order valence-corrected chi connectivity index (χ0v) is 14.8. The molecule has 0 bridgehead atoms. The fraction of sp³-hybridized carbons (Fsp3) is 0.211. The first-order valence-electron chi connectivity index (χ1n) is 7.89. The van der Waals surface area contributed by atoms with E-state index in [1.165, 1.54) is 10.4 Å². The van der Waals surface area contributed by atoms with Crippen LogP contribution < -0.4 is 0 Å². The number of nitrogens with zero attached hydrogens (tertiary/aromatic N) is 1. The summed E-state index contributed by atoms with van der Waals surface area (Å²) in [6, 6.07) is 13.0. The van der Waals surface area contributed by atoms with Crippen molar-refractivity contribution in [2.45, 2.75) is 24.8 Å². The Bertz CT molecular complexity index is 946. The summed E-state index contributed by atoms with van der Waals surface area (Å²) in [4.78, 5) is 11.8. The summed E-state index contributed by atoms with van der Waals surface area (Å²) < 4.78 is 27.4. The molecule has 0 saturated carbocycles. The molecule has 0 saturated heterocycles. The lowest BCUT2D eigenvalue weighted by atomic mass is 9.99. The minimum absolute atomic E-state index is 0.0381. The quantitative estimate of drug-likeness (QED) is 0.912. The van der Waals surface area contributed by atoms with Gasteiger partial charge in [-0.05, 0) is 31.5 Å². The molecule has 1 aliphatic rings. The first kappa shape index (κ1) is 17.4. The summed E-state index contributed by atoms with van der Waals surface area (Å²) in [5.41, 5.74) is 2.64. The highest BCUT2D eigenvalue weighted by Gasteiger charge is 2.40. The van der Waals surface area contributed by atoms with Crippen LogP contribution in [0.3, 0.4) is 0 Å². The summed E-state index contributed by atoms with van der Waals surface area (Å²) in [6.45, 7) is 3.81. The lowest BCUT2D eigenvalue weighted by Gasteiger charge is -2.26. The van der Waals surface area contributed by atoms with Gasteiger partial charge in [-0.25, -0.2) is 13.2 Å². The van der Waals surface area contributed by atoms with E-state index < -0.39 is 22.0 Å². The third-order valence-corrected chi connectivity index (χ3v) is 6.15. The Kier molecular flexibility index (Phi) is 4.49. The molecule has 3 rings (SSSR count). The molecule has 0 amide bonds. The van der Waals surface area contributed by atoms with Crippen LogP contribution in [0.4, 0.5) is 0 Å². The van der Waals surface area contributed by atoms with E-state index in [1.807, 2.05) is 26.0 Å². The van der Waals surface area contributed by atoms with Gasteiger partial charge in [-0.1, -0.05) is 53.6 Å². The van der Waals surface area contributed by atoms with Crippen molar-refractivity contribution >= 4 is 16.0 Å². The fourth-order valence-corrected chi connectivity index (χ4v) is 4.57. The number of carboxylic acid groups (broad SMARTS) is 1. The summed E-state index contributed by atoms with van der Waals surface area (Å²) in [5.74, 6) is -1.10. The molecule has 2 aromatic carbocycles. The second kappa shape index (κ2) is 6.46. The Morgan fingerprint density at radius 3 is 2.36 bits per heavy atom. The maximum atomic E-state index is 13.1. The molecule has 0 spiro atoms. The van der Waals surface area contributed by atoms with Crippen molar-refractivity contribution in [3.05, 3.63) is 76.9 Å². The first-order valence-corrected chi connectivity index (χ1v) is 9.33. The second-order valence-corrected chi connectivity index (χ2v) is 8.06. The van der Waals surface area contributed by atoms with Crippen LogP contribution in [0.1, 0.15) is 22.7 Å². The predicted octanol–water partition coefficient (Wildman–Crippen LogP) is 3.06. The third-order valence-electron chi connectivity index (χ3n) is 4.31. The molecule has 0 fully saturated rings.